The summed E-state index contributed by atoms with van der Waals surface area (Å²) in [6.45, 7) is 7.24. The van der Waals surface area contributed by atoms with Crippen molar-refractivity contribution in [2.75, 3.05) is 23.8 Å². The Morgan fingerprint density at radius 3 is 2.04 bits per heavy atom. The summed E-state index contributed by atoms with van der Waals surface area (Å²) in [5.41, 5.74) is 1.35. The van der Waals surface area contributed by atoms with Crippen LogP contribution >= 0.6 is 0 Å². The molecule has 9 nitrogen and oxygen atoms in total. The monoisotopic (exact) mass is 604 g/mol. The molecular formula is C27H28B8N6O3S. The van der Waals surface area contributed by atoms with Gasteiger partial charge in [-0.15, -0.1) is 10.4 Å². The van der Waals surface area contributed by atoms with E-state index in [1.54, 1.807) is 63.4 Å². The van der Waals surface area contributed by atoms with Gasteiger partial charge in [0.15, 0.2) is 0 Å². The number of ether oxygens (including phenoxy) is 1. The van der Waals surface area contributed by atoms with E-state index in [1.807, 2.05) is 6.92 Å². The topological polar surface area (TPSA) is 108 Å². The van der Waals surface area contributed by atoms with Crippen molar-refractivity contribution in [3.05, 3.63) is 60.3 Å². The van der Waals surface area contributed by atoms with Gasteiger partial charge in [0, 0.05) is 35.2 Å². The van der Waals surface area contributed by atoms with Gasteiger partial charge in [0.2, 0.25) is 16.0 Å². The van der Waals surface area contributed by atoms with Crippen LogP contribution in [0.15, 0.2) is 59.6 Å². The fourth-order valence-electron chi connectivity index (χ4n) is 4.77. The van der Waals surface area contributed by atoms with Crippen molar-refractivity contribution in [1.29, 1.82) is 0 Å². The van der Waals surface area contributed by atoms with Crippen LogP contribution in [0.3, 0.4) is 0 Å². The second kappa shape index (κ2) is 12.2. The van der Waals surface area contributed by atoms with Gasteiger partial charge >= 0.3 is 0 Å². The Morgan fingerprint density at radius 1 is 0.867 bits per heavy atom. The van der Waals surface area contributed by atoms with Gasteiger partial charge in [0.1, 0.15) is 18.2 Å². The minimum atomic E-state index is -3.72. The number of benzene rings is 2. The molecule has 0 bridgehead atoms. The molecule has 0 spiro atoms. The number of hydrogen-bond acceptors (Lipinski definition) is 8. The van der Waals surface area contributed by atoms with E-state index in [2.05, 4.69) is 25.3 Å². The maximum atomic E-state index is 12.8. The number of nitrogens with zero attached hydrogens (tertiary/aromatic N) is 3. The fraction of sp³-hybridized carbons (Fsp3) is 0.407. The van der Waals surface area contributed by atoms with E-state index >= 15 is 0 Å². The molecular weight excluding hydrogens is 575 g/mol. The lowest BCUT2D eigenvalue weighted by molar-refractivity contribution is 0.181. The first-order chi connectivity index (χ1) is 20.6. The highest BCUT2D eigenvalue weighted by molar-refractivity contribution is 7.89. The molecule has 0 atom stereocenters. The minimum absolute atomic E-state index is 0.0151. The number of nitrogens with one attached hydrogen (secondary N) is 3. The summed E-state index contributed by atoms with van der Waals surface area (Å²) in [7, 11) is 45.1. The van der Waals surface area contributed by atoms with Crippen molar-refractivity contribution < 1.29 is 13.2 Å². The smallest absolute Gasteiger partial charge is 0.241 e. The first-order valence-electron chi connectivity index (χ1n) is 13.9. The SMILES string of the molecule is [B]C1([B])N(CCOc2ccc(Nc3ncc(C)c(Nc4cccc(S(=O)(=O)NC(C)(C)C)c4)n3)cc2)C([B])([B])C([B])([B])C1([B])[B]. The second-order valence-electron chi connectivity index (χ2n) is 12.3. The molecule has 0 saturated carbocycles. The molecule has 3 aromatic rings. The molecule has 2 heterocycles. The van der Waals surface area contributed by atoms with Crippen LogP contribution in [-0.4, -0.2) is 115 Å². The van der Waals surface area contributed by atoms with Crippen molar-refractivity contribution in [3.63, 3.8) is 0 Å². The van der Waals surface area contributed by atoms with E-state index in [9.17, 15) is 8.42 Å². The highest BCUT2D eigenvalue weighted by Crippen LogP contribution is 2.63. The van der Waals surface area contributed by atoms with Crippen molar-refractivity contribution in [2.24, 2.45) is 0 Å². The summed E-state index contributed by atoms with van der Waals surface area (Å²) >= 11 is 0. The van der Waals surface area contributed by atoms with Crippen LogP contribution in [0.5, 0.6) is 5.75 Å². The summed E-state index contributed by atoms with van der Waals surface area (Å²) in [4.78, 5) is 10.2. The number of hydrogen-bond donors (Lipinski definition) is 3. The zero-order chi connectivity index (χ0) is 33.6. The van der Waals surface area contributed by atoms with Gasteiger partial charge in [0.25, 0.3) is 0 Å². The highest BCUT2D eigenvalue weighted by Gasteiger charge is 2.62. The number of likely N-dealkylation sites (tertiary alicyclic amines) is 1. The van der Waals surface area contributed by atoms with Crippen LogP contribution < -0.4 is 20.1 Å². The quantitative estimate of drug-likeness (QED) is 0.294. The van der Waals surface area contributed by atoms with E-state index < -0.39 is 36.7 Å². The fourth-order valence-corrected chi connectivity index (χ4v) is 6.24. The maximum Gasteiger partial charge on any atom is 0.241 e. The molecule has 0 unspecified atom stereocenters. The molecule has 1 aliphatic rings. The average Bonchev–Trinajstić information content (AvgIpc) is 2.98. The number of anilines is 4. The molecule has 214 valence electrons. The van der Waals surface area contributed by atoms with Gasteiger partial charge < -0.3 is 20.3 Å². The maximum absolute atomic E-state index is 12.8. The Kier molecular flexibility index (Phi) is 9.50. The van der Waals surface area contributed by atoms with E-state index in [1.165, 1.54) is 17.0 Å². The predicted molar refractivity (Wildman–Crippen MR) is 185 cm³/mol. The molecule has 16 radical (unpaired) electrons. The molecule has 45 heavy (non-hydrogen) atoms. The molecule has 4 rings (SSSR count). The lowest BCUT2D eigenvalue weighted by atomic mass is 9.17. The first-order valence-corrected chi connectivity index (χ1v) is 15.4. The van der Waals surface area contributed by atoms with E-state index in [-0.39, 0.29) is 18.0 Å². The predicted octanol–water partition coefficient (Wildman–Crippen LogP) is 0.931. The molecule has 0 amide bonds. The molecule has 1 aromatic heterocycles. The highest BCUT2D eigenvalue weighted by atomic mass is 32.2. The first kappa shape index (κ1) is 35.2. The number of aryl methyl sites for hydroxylation is 1. The summed E-state index contributed by atoms with van der Waals surface area (Å²) < 4.78 is 34.1. The minimum Gasteiger partial charge on any atom is -0.492 e. The Morgan fingerprint density at radius 2 is 1.47 bits per heavy atom. The number of rotatable bonds is 10. The molecule has 2 aromatic carbocycles. The van der Waals surface area contributed by atoms with Gasteiger partial charge in [-0.2, -0.15) is 4.98 Å². The van der Waals surface area contributed by atoms with Crippen molar-refractivity contribution in [1.82, 2.24) is 19.6 Å². The summed E-state index contributed by atoms with van der Waals surface area (Å²) in [6.07, 6.45) is 1.65. The van der Waals surface area contributed by atoms with Crippen LogP contribution in [0.25, 0.3) is 0 Å². The third-order valence-corrected chi connectivity index (χ3v) is 9.17. The van der Waals surface area contributed by atoms with Crippen molar-refractivity contribution in [3.8, 4) is 5.75 Å². The van der Waals surface area contributed by atoms with Gasteiger partial charge in [-0.1, -0.05) is 16.7 Å². The van der Waals surface area contributed by atoms with Crippen LogP contribution in [-0.2, 0) is 10.0 Å². The van der Waals surface area contributed by atoms with Crippen molar-refractivity contribution in [2.45, 2.75) is 59.2 Å². The van der Waals surface area contributed by atoms with E-state index in [0.29, 0.717) is 28.9 Å². The summed E-state index contributed by atoms with van der Waals surface area (Å²) in [5, 5.41) is -1.58. The van der Waals surface area contributed by atoms with E-state index in [4.69, 9.17) is 67.5 Å². The van der Waals surface area contributed by atoms with Gasteiger partial charge in [-0.05, 0) is 70.2 Å². The Hall–Kier alpha value is -2.69. The molecule has 1 aliphatic heterocycles. The third-order valence-electron chi connectivity index (χ3n) is 7.42. The van der Waals surface area contributed by atoms with Crippen LogP contribution in [0.2, 0.25) is 10.4 Å². The van der Waals surface area contributed by atoms with Crippen molar-refractivity contribution >= 4 is 95.9 Å². The standard InChI is InChI=1S/C27H28B8N6O3S/c1-16-15-36-22(39-21(16)37-18-6-5-7-20(14-18)45(42,43)40-23(2,3)4)38-17-8-10-19(11-9-17)44-13-12-41-26(32,33)24(28,29)25(30,31)27(41,34)35/h5-11,14-15,40H,12-13H2,1-4H3,(H2,36,37,38,39). The Balaban J connectivity index is 1.40. The second-order valence-corrected chi connectivity index (χ2v) is 14.0. The van der Waals surface area contributed by atoms with Crippen LogP contribution in [0.1, 0.15) is 26.3 Å². The molecule has 18 heteroatoms. The normalized spacial score (nSPS) is 18.7. The average molecular weight is 603 g/mol. The zero-order valence-corrected chi connectivity index (χ0v) is 26.5. The van der Waals surface area contributed by atoms with Crippen LogP contribution in [0, 0.1) is 6.92 Å². The molecule has 1 fully saturated rings. The van der Waals surface area contributed by atoms with Crippen LogP contribution in [0.4, 0.5) is 23.1 Å². The Bertz CT molecular complexity index is 1620. The largest absolute Gasteiger partial charge is 0.492 e. The van der Waals surface area contributed by atoms with Gasteiger partial charge in [-0.3, -0.25) is 0 Å². The summed E-state index contributed by atoms with van der Waals surface area (Å²) in [5.74, 6) is 1.32. The van der Waals surface area contributed by atoms with Gasteiger partial charge in [-0.25, -0.2) is 18.1 Å². The lowest BCUT2D eigenvalue weighted by Crippen LogP contribution is -2.60. The Labute approximate surface area is 276 Å². The van der Waals surface area contributed by atoms with Gasteiger partial charge in [0.05, 0.1) is 67.7 Å². The van der Waals surface area contributed by atoms with E-state index in [0.717, 1.165) is 5.56 Å². The number of aromatic nitrogens is 2. The third kappa shape index (κ3) is 7.03. The molecule has 1 saturated heterocycles. The molecule has 0 aliphatic carbocycles. The lowest BCUT2D eigenvalue weighted by Gasteiger charge is -2.49. The zero-order valence-electron chi connectivity index (χ0n) is 25.7. The molecule has 3 N–H and O–H groups in total. The number of sulfonamides is 1. The summed E-state index contributed by atoms with van der Waals surface area (Å²) in [6, 6.07) is 13.4.